The first-order valence-corrected chi connectivity index (χ1v) is 8.38. The fraction of sp³-hybridized carbons (Fsp3) is 0.500. The summed E-state index contributed by atoms with van der Waals surface area (Å²) < 4.78 is 32.8. The molecular formula is C14H20N2O4S. The van der Waals surface area contributed by atoms with E-state index < -0.39 is 10.0 Å². The second kappa shape index (κ2) is 6.44. The number of carbonyl (C=O) groups is 1. The highest BCUT2D eigenvalue weighted by Crippen LogP contribution is 2.28. The molecule has 1 fully saturated rings. The number of nitrogens with one attached hydrogen (secondary N) is 2. The van der Waals surface area contributed by atoms with Gasteiger partial charge in [0.15, 0.2) is 0 Å². The van der Waals surface area contributed by atoms with E-state index in [0.29, 0.717) is 5.69 Å². The summed E-state index contributed by atoms with van der Waals surface area (Å²) >= 11 is 0. The SMILES string of the molecule is COc1ccc(NC(C)=O)cc1S(=O)(=O)NC1CCCC1. The number of hydrogen-bond donors (Lipinski definition) is 2. The van der Waals surface area contributed by atoms with Crippen LogP contribution in [0.2, 0.25) is 0 Å². The molecule has 0 saturated heterocycles. The number of carbonyl (C=O) groups excluding carboxylic acids is 1. The fourth-order valence-electron chi connectivity index (χ4n) is 2.49. The molecule has 2 N–H and O–H groups in total. The van der Waals surface area contributed by atoms with Gasteiger partial charge in [0.2, 0.25) is 15.9 Å². The van der Waals surface area contributed by atoms with Gasteiger partial charge in [-0.25, -0.2) is 13.1 Å². The zero-order valence-corrected chi connectivity index (χ0v) is 13.0. The van der Waals surface area contributed by atoms with Crippen LogP contribution in [0.15, 0.2) is 23.1 Å². The predicted molar refractivity (Wildman–Crippen MR) is 79.9 cm³/mol. The van der Waals surface area contributed by atoms with Gasteiger partial charge in [-0.1, -0.05) is 12.8 Å². The van der Waals surface area contributed by atoms with Crippen LogP contribution < -0.4 is 14.8 Å². The lowest BCUT2D eigenvalue weighted by molar-refractivity contribution is -0.114. The van der Waals surface area contributed by atoms with Crippen LogP contribution in [-0.4, -0.2) is 27.5 Å². The van der Waals surface area contributed by atoms with E-state index in [0.717, 1.165) is 25.7 Å². The minimum atomic E-state index is -3.67. The molecule has 21 heavy (non-hydrogen) atoms. The molecule has 0 bridgehead atoms. The van der Waals surface area contributed by atoms with Crippen LogP contribution in [-0.2, 0) is 14.8 Å². The first kappa shape index (κ1) is 15.8. The minimum absolute atomic E-state index is 0.0240. The summed E-state index contributed by atoms with van der Waals surface area (Å²) in [6.07, 6.45) is 3.78. The van der Waals surface area contributed by atoms with Gasteiger partial charge in [0.1, 0.15) is 10.6 Å². The van der Waals surface area contributed by atoms with Crippen molar-refractivity contribution in [3.8, 4) is 5.75 Å². The lowest BCUT2D eigenvalue weighted by Gasteiger charge is -2.15. The zero-order valence-electron chi connectivity index (χ0n) is 12.2. The number of methoxy groups -OCH3 is 1. The summed E-state index contributed by atoms with van der Waals surface area (Å²) in [5.74, 6) is 0.00173. The summed E-state index contributed by atoms with van der Waals surface area (Å²) in [4.78, 5) is 11.1. The Bertz CT molecular complexity index is 622. The number of hydrogen-bond acceptors (Lipinski definition) is 4. The van der Waals surface area contributed by atoms with Gasteiger partial charge in [0, 0.05) is 18.7 Å². The molecule has 0 aromatic heterocycles. The topological polar surface area (TPSA) is 84.5 Å². The minimum Gasteiger partial charge on any atom is -0.495 e. The fourth-order valence-corrected chi connectivity index (χ4v) is 3.99. The molecule has 1 amide bonds. The molecule has 0 unspecified atom stereocenters. The average molecular weight is 312 g/mol. The number of anilines is 1. The molecule has 0 spiro atoms. The Hall–Kier alpha value is -1.60. The summed E-state index contributed by atoms with van der Waals surface area (Å²) in [5, 5.41) is 2.58. The summed E-state index contributed by atoms with van der Waals surface area (Å²) in [6.45, 7) is 1.37. The second-order valence-corrected chi connectivity index (χ2v) is 6.83. The monoisotopic (exact) mass is 312 g/mol. The molecule has 0 heterocycles. The van der Waals surface area contributed by atoms with Gasteiger partial charge < -0.3 is 10.1 Å². The third-order valence-corrected chi connectivity index (χ3v) is 4.99. The lowest BCUT2D eigenvalue weighted by Crippen LogP contribution is -2.32. The number of benzene rings is 1. The molecule has 1 aliphatic carbocycles. The maximum absolute atomic E-state index is 12.5. The average Bonchev–Trinajstić information content (AvgIpc) is 2.90. The zero-order chi connectivity index (χ0) is 15.5. The first-order valence-electron chi connectivity index (χ1n) is 6.90. The Balaban J connectivity index is 2.32. The highest BCUT2D eigenvalue weighted by Gasteiger charge is 2.26. The van der Waals surface area contributed by atoms with Crippen molar-refractivity contribution in [2.45, 2.75) is 43.5 Å². The number of rotatable bonds is 5. The van der Waals surface area contributed by atoms with E-state index in [-0.39, 0.29) is 22.6 Å². The largest absolute Gasteiger partial charge is 0.495 e. The highest BCUT2D eigenvalue weighted by atomic mass is 32.2. The van der Waals surface area contributed by atoms with E-state index in [9.17, 15) is 13.2 Å². The maximum Gasteiger partial charge on any atom is 0.244 e. The predicted octanol–water partition coefficient (Wildman–Crippen LogP) is 1.87. The van der Waals surface area contributed by atoms with E-state index in [2.05, 4.69) is 10.0 Å². The number of amides is 1. The molecule has 7 heteroatoms. The second-order valence-electron chi connectivity index (χ2n) is 5.15. The van der Waals surface area contributed by atoms with Gasteiger partial charge in [-0.15, -0.1) is 0 Å². The van der Waals surface area contributed by atoms with Crippen molar-refractivity contribution >= 4 is 21.6 Å². The third kappa shape index (κ3) is 3.95. The quantitative estimate of drug-likeness (QED) is 0.869. The van der Waals surface area contributed by atoms with Crippen molar-refractivity contribution in [1.29, 1.82) is 0 Å². The standard InChI is InChI=1S/C14H20N2O4S/c1-10(17)15-12-7-8-13(20-2)14(9-12)21(18,19)16-11-5-3-4-6-11/h7-9,11,16H,3-6H2,1-2H3,(H,15,17). The van der Waals surface area contributed by atoms with E-state index in [4.69, 9.17) is 4.74 Å². The summed E-state index contributed by atoms with van der Waals surface area (Å²) in [5.41, 5.74) is 0.426. The maximum atomic E-state index is 12.5. The molecular weight excluding hydrogens is 292 g/mol. The highest BCUT2D eigenvalue weighted by molar-refractivity contribution is 7.89. The Kier molecular flexibility index (Phi) is 4.84. The van der Waals surface area contributed by atoms with Crippen LogP contribution >= 0.6 is 0 Å². The van der Waals surface area contributed by atoms with Crippen LogP contribution in [0.25, 0.3) is 0 Å². The molecule has 1 aromatic carbocycles. The Morgan fingerprint density at radius 3 is 2.52 bits per heavy atom. The normalized spacial score (nSPS) is 15.9. The number of sulfonamides is 1. The van der Waals surface area contributed by atoms with E-state index in [1.165, 1.54) is 26.2 Å². The number of ether oxygens (including phenoxy) is 1. The first-order chi connectivity index (χ1) is 9.92. The molecule has 1 saturated carbocycles. The molecule has 1 aromatic rings. The van der Waals surface area contributed by atoms with Crippen molar-refractivity contribution in [3.63, 3.8) is 0 Å². The lowest BCUT2D eigenvalue weighted by atomic mass is 10.3. The van der Waals surface area contributed by atoms with Crippen LogP contribution in [0.4, 0.5) is 5.69 Å². The van der Waals surface area contributed by atoms with Crippen LogP contribution in [0.1, 0.15) is 32.6 Å². The van der Waals surface area contributed by atoms with Crippen LogP contribution in [0, 0.1) is 0 Å². The third-order valence-electron chi connectivity index (χ3n) is 3.45. The molecule has 0 atom stereocenters. The summed E-state index contributed by atoms with van der Waals surface area (Å²) in [6, 6.07) is 4.53. The van der Waals surface area contributed by atoms with Crippen molar-refractivity contribution in [2.24, 2.45) is 0 Å². The molecule has 1 aliphatic rings. The molecule has 0 aliphatic heterocycles. The van der Waals surface area contributed by atoms with Crippen molar-refractivity contribution in [2.75, 3.05) is 12.4 Å². The Labute approximate surface area is 124 Å². The van der Waals surface area contributed by atoms with Crippen molar-refractivity contribution < 1.29 is 17.9 Å². The van der Waals surface area contributed by atoms with Gasteiger partial charge in [-0.3, -0.25) is 4.79 Å². The van der Waals surface area contributed by atoms with Gasteiger partial charge in [0.25, 0.3) is 0 Å². The summed E-state index contributed by atoms with van der Waals surface area (Å²) in [7, 11) is -2.25. The smallest absolute Gasteiger partial charge is 0.244 e. The Morgan fingerprint density at radius 1 is 1.29 bits per heavy atom. The van der Waals surface area contributed by atoms with Crippen molar-refractivity contribution in [1.82, 2.24) is 4.72 Å². The van der Waals surface area contributed by atoms with Crippen LogP contribution in [0.5, 0.6) is 5.75 Å². The Morgan fingerprint density at radius 2 is 1.95 bits per heavy atom. The van der Waals surface area contributed by atoms with E-state index in [1.807, 2.05) is 0 Å². The molecule has 116 valence electrons. The van der Waals surface area contributed by atoms with Gasteiger partial charge in [-0.05, 0) is 31.0 Å². The molecule has 2 rings (SSSR count). The van der Waals surface area contributed by atoms with Crippen molar-refractivity contribution in [3.05, 3.63) is 18.2 Å². The van der Waals surface area contributed by atoms with Gasteiger partial charge in [-0.2, -0.15) is 0 Å². The van der Waals surface area contributed by atoms with E-state index in [1.54, 1.807) is 6.07 Å². The van der Waals surface area contributed by atoms with Crippen LogP contribution in [0.3, 0.4) is 0 Å². The van der Waals surface area contributed by atoms with E-state index >= 15 is 0 Å². The molecule has 6 nitrogen and oxygen atoms in total. The van der Waals surface area contributed by atoms with Gasteiger partial charge >= 0.3 is 0 Å². The molecule has 0 radical (unpaired) electrons. The van der Waals surface area contributed by atoms with Gasteiger partial charge in [0.05, 0.1) is 7.11 Å².